The number of hydrogen-bond donors (Lipinski definition) is 1. The van der Waals surface area contributed by atoms with Crippen LogP contribution in [0.25, 0.3) is 0 Å². The molecule has 1 N–H and O–H groups in total. The first kappa shape index (κ1) is 17.5. The second kappa shape index (κ2) is 8.11. The zero-order valence-electron chi connectivity index (χ0n) is 13.3. The fourth-order valence-electron chi connectivity index (χ4n) is 2.14. The molecule has 7 heteroatoms. The van der Waals surface area contributed by atoms with Crippen LogP contribution in [-0.2, 0) is 13.6 Å². The van der Waals surface area contributed by atoms with Crippen molar-refractivity contribution in [2.45, 2.75) is 13.8 Å². The summed E-state index contributed by atoms with van der Waals surface area (Å²) in [5, 5.41) is 9.48. The summed E-state index contributed by atoms with van der Waals surface area (Å²) in [5.74, 6) is 0.165. The number of aromatic hydroxyl groups is 1. The third kappa shape index (κ3) is 4.79. The molecule has 23 heavy (non-hydrogen) atoms. The van der Waals surface area contributed by atoms with E-state index in [1.807, 2.05) is 6.07 Å². The van der Waals surface area contributed by atoms with E-state index < -0.39 is 7.60 Å². The molecule has 0 aliphatic carbocycles. The lowest BCUT2D eigenvalue weighted by atomic mass is 10.2. The van der Waals surface area contributed by atoms with E-state index in [-0.39, 0.29) is 12.0 Å². The number of hydrogen-bond acceptors (Lipinski definition) is 6. The van der Waals surface area contributed by atoms with Crippen molar-refractivity contribution in [2.75, 3.05) is 24.4 Å². The minimum Gasteiger partial charge on any atom is -0.508 e. The molecule has 0 saturated carbocycles. The molecule has 0 unspecified atom stereocenters. The molecule has 0 bridgehead atoms. The number of phenols is 1. The third-order valence-electron chi connectivity index (χ3n) is 3.09. The Balaban J connectivity index is 2.37. The van der Waals surface area contributed by atoms with Gasteiger partial charge in [0.15, 0.2) is 0 Å². The van der Waals surface area contributed by atoms with Crippen molar-refractivity contribution < 1.29 is 18.7 Å². The highest BCUT2D eigenvalue weighted by molar-refractivity contribution is 7.54. The fourth-order valence-corrected chi connectivity index (χ4v) is 3.84. The molecule has 0 radical (unpaired) electrons. The van der Waals surface area contributed by atoms with Gasteiger partial charge < -0.3 is 19.1 Å². The Labute approximate surface area is 136 Å². The summed E-state index contributed by atoms with van der Waals surface area (Å²) in [4.78, 5) is 5.91. The quantitative estimate of drug-likeness (QED) is 0.730. The van der Waals surface area contributed by atoms with Gasteiger partial charge in [-0.05, 0) is 50.2 Å². The molecule has 1 heterocycles. The van der Waals surface area contributed by atoms with Crippen LogP contribution >= 0.6 is 7.60 Å². The lowest BCUT2D eigenvalue weighted by Gasteiger charge is -2.28. The van der Waals surface area contributed by atoms with Gasteiger partial charge in [-0.2, -0.15) is 0 Å². The van der Waals surface area contributed by atoms with Crippen molar-refractivity contribution in [3.63, 3.8) is 0 Å². The van der Waals surface area contributed by atoms with Crippen LogP contribution in [0.5, 0.6) is 5.75 Å². The fraction of sp³-hybridized carbons (Fsp3) is 0.312. The number of aromatic nitrogens is 1. The molecular weight excluding hydrogens is 315 g/mol. The maximum absolute atomic E-state index is 12.9. The monoisotopic (exact) mass is 336 g/mol. The molecule has 0 aliphatic rings. The highest BCUT2D eigenvalue weighted by atomic mass is 31.2. The normalized spacial score (nSPS) is 11.4. The zero-order valence-corrected chi connectivity index (χ0v) is 14.1. The van der Waals surface area contributed by atoms with Crippen molar-refractivity contribution in [1.82, 2.24) is 4.98 Å². The summed E-state index contributed by atoms with van der Waals surface area (Å²) in [7, 11) is -3.28. The van der Waals surface area contributed by atoms with Crippen LogP contribution in [0.2, 0.25) is 0 Å². The largest absolute Gasteiger partial charge is 0.508 e. The number of anilines is 2. The summed E-state index contributed by atoms with van der Waals surface area (Å²) in [5.41, 5.74) is 1.52. The lowest BCUT2D eigenvalue weighted by molar-refractivity contribution is 0.220. The zero-order chi connectivity index (χ0) is 16.7. The number of phenolic OH excluding ortho intramolecular Hbond substituents is 1. The maximum atomic E-state index is 12.9. The van der Waals surface area contributed by atoms with Gasteiger partial charge in [0.1, 0.15) is 12.0 Å². The van der Waals surface area contributed by atoms with E-state index in [1.54, 1.807) is 61.5 Å². The summed E-state index contributed by atoms with van der Waals surface area (Å²) >= 11 is 0. The summed E-state index contributed by atoms with van der Waals surface area (Å²) < 4.78 is 23.7. The van der Waals surface area contributed by atoms with Crippen LogP contribution in [-0.4, -0.2) is 29.6 Å². The summed E-state index contributed by atoms with van der Waals surface area (Å²) in [6.45, 7) is 4.16. The predicted octanol–water partition coefficient (Wildman–Crippen LogP) is 4.15. The number of rotatable bonds is 8. The first-order valence-corrected chi connectivity index (χ1v) is 9.15. The number of nitrogens with zero attached hydrogens (tertiary/aromatic N) is 2. The van der Waals surface area contributed by atoms with Gasteiger partial charge in [-0.1, -0.05) is 0 Å². The van der Waals surface area contributed by atoms with Gasteiger partial charge in [-0.15, -0.1) is 0 Å². The van der Waals surface area contributed by atoms with E-state index in [9.17, 15) is 9.67 Å². The molecule has 0 spiro atoms. The smallest absolute Gasteiger partial charge is 0.350 e. The van der Waals surface area contributed by atoms with Crippen LogP contribution in [0, 0.1) is 0 Å². The summed E-state index contributed by atoms with van der Waals surface area (Å²) in [6.07, 6.45) is 3.41. The molecule has 0 aliphatic heterocycles. The highest BCUT2D eigenvalue weighted by Crippen LogP contribution is 2.50. The molecule has 2 aromatic rings. The van der Waals surface area contributed by atoms with Crippen LogP contribution in [0.4, 0.5) is 11.4 Å². The molecule has 0 saturated heterocycles. The van der Waals surface area contributed by atoms with Crippen molar-refractivity contribution in [2.24, 2.45) is 0 Å². The first-order chi connectivity index (χ1) is 11.1. The van der Waals surface area contributed by atoms with Gasteiger partial charge in [0.2, 0.25) is 0 Å². The van der Waals surface area contributed by atoms with E-state index in [4.69, 9.17) is 9.05 Å². The Morgan fingerprint density at radius 2 is 1.74 bits per heavy atom. The molecule has 1 aromatic heterocycles. The summed E-state index contributed by atoms with van der Waals surface area (Å²) in [6, 6.07) is 10.3. The minimum atomic E-state index is -3.28. The molecular formula is C16H21N2O4P. The third-order valence-corrected chi connectivity index (χ3v) is 5.02. The predicted molar refractivity (Wildman–Crippen MR) is 90.2 cm³/mol. The average Bonchev–Trinajstić information content (AvgIpc) is 2.55. The number of benzene rings is 1. The van der Waals surface area contributed by atoms with Gasteiger partial charge in [-0.3, -0.25) is 9.55 Å². The molecule has 1 aromatic carbocycles. The second-order valence-corrected chi connectivity index (χ2v) is 6.76. The second-order valence-electron chi connectivity index (χ2n) is 4.74. The van der Waals surface area contributed by atoms with Gasteiger partial charge in [0, 0.05) is 11.9 Å². The first-order valence-electron chi connectivity index (χ1n) is 7.42. The SMILES string of the molecule is CCOP(=O)(CN(c1ccc(O)cc1)c1cccnc1)OCC. The van der Waals surface area contributed by atoms with E-state index in [2.05, 4.69) is 4.98 Å². The van der Waals surface area contributed by atoms with E-state index >= 15 is 0 Å². The van der Waals surface area contributed by atoms with Crippen molar-refractivity contribution in [1.29, 1.82) is 0 Å². The van der Waals surface area contributed by atoms with Gasteiger partial charge in [0.25, 0.3) is 0 Å². The van der Waals surface area contributed by atoms with Crippen molar-refractivity contribution in [3.8, 4) is 5.75 Å². The van der Waals surface area contributed by atoms with Gasteiger partial charge in [0.05, 0.1) is 25.1 Å². The highest BCUT2D eigenvalue weighted by Gasteiger charge is 2.28. The number of pyridine rings is 1. The molecule has 6 nitrogen and oxygen atoms in total. The van der Waals surface area contributed by atoms with Crippen LogP contribution in [0.1, 0.15) is 13.8 Å². The van der Waals surface area contributed by atoms with Gasteiger partial charge in [-0.25, -0.2) is 0 Å². The Morgan fingerprint density at radius 3 is 2.26 bits per heavy atom. The standard InChI is InChI=1S/C16H21N2O4P/c1-3-21-23(20,22-4-2)13-18(15-6-5-11-17-12-15)14-7-9-16(19)10-8-14/h5-12,19H,3-4,13H2,1-2H3. The van der Waals surface area contributed by atoms with Crippen LogP contribution < -0.4 is 4.90 Å². The van der Waals surface area contributed by atoms with E-state index in [0.717, 1.165) is 11.4 Å². The van der Waals surface area contributed by atoms with E-state index in [0.29, 0.717) is 13.2 Å². The van der Waals surface area contributed by atoms with Crippen LogP contribution in [0.3, 0.4) is 0 Å². The maximum Gasteiger partial charge on any atom is 0.350 e. The Morgan fingerprint density at radius 1 is 1.09 bits per heavy atom. The van der Waals surface area contributed by atoms with Gasteiger partial charge >= 0.3 is 7.60 Å². The molecule has 2 rings (SSSR count). The topological polar surface area (TPSA) is 71.9 Å². The van der Waals surface area contributed by atoms with Crippen LogP contribution in [0.15, 0.2) is 48.8 Å². The molecule has 0 amide bonds. The Bertz CT molecular complexity index is 639. The van der Waals surface area contributed by atoms with E-state index in [1.165, 1.54) is 0 Å². The Hall–Kier alpha value is -1.88. The van der Waals surface area contributed by atoms with Crippen molar-refractivity contribution in [3.05, 3.63) is 48.8 Å². The molecule has 0 fully saturated rings. The minimum absolute atomic E-state index is 0.0607. The Kier molecular flexibility index (Phi) is 6.16. The average molecular weight is 336 g/mol. The molecule has 124 valence electrons. The molecule has 0 atom stereocenters. The lowest BCUT2D eigenvalue weighted by Crippen LogP contribution is -2.20. The van der Waals surface area contributed by atoms with Crippen molar-refractivity contribution >= 4 is 19.0 Å².